The van der Waals surface area contributed by atoms with Crippen molar-refractivity contribution >= 4 is 5.97 Å². The van der Waals surface area contributed by atoms with Crippen LogP contribution in [-0.4, -0.2) is 17.4 Å². The summed E-state index contributed by atoms with van der Waals surface area (Å²) in [6, 6.07) is 9.94. The summed E-state index contributed by atoms with van der Waals surface area (Å²) < 4.78 is 40.5. The van der Waals surface area contributed by atoms with E-state index in [1.165, 1.54) is 18.2 Å². The number of alkyl halides is 3. The molecule has 0 spiro atoms. The first-order valence-electron chi connectivity index (χ1n) is 5.96. The van der Waals surface area contributed by atoms with Crippen LogP contribution in [0.15, 0.2) is 42.5 Å². The Morgan fingerprint density at radius 3 is 2.48 bits per heavy atom. The first-order valence-corrected chi connectivity index (χ1v) is 5.96. The number of halogens is 3. The topological polar surface area (TPSA) is 46.5 Å². The zero-order valence-corrected chi connectivity index (χ0v) is 10.9. The summed E-state index contributed by atoms with van der Waals surface area (Å²) in [6.07, 6.45) is -4.79. The number of hydrogen-bond donors (Lipinski definition) is 1. The highest BCUT2D eigenvalue weighted by Crippen LogP contribution is 2.30. The maximum Gasteiger partial charge on any atom is 0.573 e. The Kier molecular flexibility index (Phi) is 3.88. The molecule has 2 rings (SSSR count). The lowest BCUT2D eigenvalue weighted by Crippen LogP contribution is -2.17. The average molecular weight is 296 g/mol. The minimum Gasteiger partial charge on any atom is -0.478 e. The van der Waals surface area contributed by atoms with Crippen molar-refractivity contribution < 1.29 is 27.8 Å². The third-order valence-corrected chi connectivity index (χ3v) is 2.78. The van der Waals surface area contributed by atoms with Crippen LogP contribution in [0.4, 0.5) is 13.2 Å². The van der Waals surface area contributed by atoms with E-state index in [-0.39, 0.29) is 5.56 Å². The number of rotatable bonds is 3. The number of hydrogen-bond acceptors (Lipinski definition) is 2. The van der Waals surface area contributed by atoms with Crippen LogP contribution < -0.4 is 4.74 Å². The van der Waals surface area contributed by atoms with E-state index in [9.17, 15) is 23.1 Å². The van der Waals surface area contributed by atoms with Gasteiger partial charge in [-0.25, -0.2) is 4.79 Å². The third-order valence-electron chi connectivity index (χ3n) is 2.78. The van der Waals surface area contributed by atoms with Crippen LogP contribution in [0.5, 0.6) is 5.75 Å². The normalized spacial score (nSPS) is 11.2. The Hall–Kier alpha value is -2.50. The standard InChI is InChI=1S/C15H11F3O3/c1-9-5-6-12(13(7-9)14(19)20)10-3-2-4-11(8-10)21-15(16,17)18/h2-8H,1H3,(H,19,20). The Morgan fingerprint density at radius 2 is 1.86 bits per heavy atom. The van der Waals surface area contributed by atoms with Gasteiger partial charge in [-0.1, -0.05) is 29.8 Å². The van der Waals surface area contributed by atoms with E-state index in [1.807, 2.05) is 0 Å². The Bertz CT molecular complexity index is 678. The predicted octanol–water partition coefficient (Wildman–Crippen LogP) is 4.26. The highest BCUT2D eigenvalue weighted by Gasteiger charge is 2.31. The second-order valence-corrected chi connectivity index (χ2v) is 4.43. The quantitative estimate of drug-likeness (QED) is 0.920. The third kappa shape index (κ3) is 3.75. The lowest BCUT2D eigenvalue weighted by Gasteiger charge is -2.11. The fraction of sp³-hybridized carbons (Fsp3) is 0.133. The predicted molar refractivity (Wildman–Crippen MR) is 70.3 cm³/mol. The fourth-order valence-corrected chi connectivity index (χ4v) is 1.95. The van der Waals surface area contributed by atoms with E-state index < -0.39 is 18.1 Å². The highest BCUT2D eigenvalue weighted by molar-refractivity contribution is 5.96. The molecule has 0 unspecified atom stereocenters. The molecule has 0 saturated carbocycles. The van der Waals surface area contributed by atoms with Gasteiger partial charge in [0.05, 0.1) is 5.56 Å². The number of aryl methyl sites for hydroxylation is 1. The van der Waals surface area contributed by atoms with Crippen molar-refractivity contribution in [2.24, 2.45) is 0 Å². The molecule has 1 N–H and O–H groups in total. The van der Waals surface area contributed by atoms with Crippen molar-refractivity contribution in [3.63, 3.8) is 0 Å². The van der Waals surface area contributed by atoms with Crippen molar-refractivity contribution in [1.82, 2.24) is 0 Å². The second kappa shape index (κ2) is 5.47. The highest BCUT2D eigenvalue weighted by atomic mass is 19.4. The van der Waals surface area contributed by atoms with Gasteiger partial charge in [0, 0.05) is 0 Å². The Balaban J connectivity index is 2.48. The van der Waals surface area contributed by atoms with E-state index in [1.54, 1.807) is 19.1 Å². The Morgan fingerprint density at radius 1 is 1.14 bits per heavy atom. The van der Waals surface area contributed by atoms with Crippen molar-refractivity contribution in [1.29, 1.82) is 0 Å². The first-order chi connectivity index (χ1) is 9.76. The number of benzene rings is 2. The number of carboxylic acid groups (broad SMARTS) is 1. The summed E-state index contributed by atoms with van der Waals surface area (Å²) in [5.41, 5.74) is 1.45. The number of carboxylic acids is 1. The largest absolute Gasteiger partial charge is 0.573 e. The van der Waals surface area contributed by atoms with E-state index in [0.29, 0.717) is 11.1 Å². The summed E-state index contributed by atoms with van der Waals surface area (Å²) >= 11 is 0. The van der Waals surface area contributed by atoms with Crippen LogP contribution in [0.3, 0.4) is 0 Å². The van der Waals surface area contributed by atoms with E-state index in [4.69, 9.17) is 0 Å². The monoisotopic (exact) mass is 296 g/mol. The number of aromatic carboxylic acids is 1. The molecule has 110 valence electrons. The molecule has 2 aromatic rings. The molecule has 0 saturated heterocycles. The van der Waals surface area contributed by atoms with E-state index >= 15 is 0 Å². The van der Waals surface area contributed by atoms with Gasteiger partial charge in [-0.2, -0.15) is 0 Å². The maximum atomic E-state index is 12.2. The minimum absolute atomic E-state index is 0.0270. The van der Waals surface area contributed by atoms with Crippen LogP contribution in [0.1, 0.15) is 15.9 Å². The molecular formula is C15H11F3O3. The zero-order chi connectivity index (χ0) is 15.6. The fourth-order valence-electron chi connectivity index (χ4n) is 1.95. The van der Waals surface area contributed by atoms with Crippen LogP contribution in [-0.2, 0) is 0 Å². The molecule has 3 nitrogen and oxygen atoms in total. The summed E-state index contributed by atoms with van der Waals surface area (Å²) in [6.45, 7) is 1.74. The van der Waals surface area contributed by atoms with Crippen molar-refractivity contribution in [3.8, 4) is 16.9 Å². The first kappa shape index (κ1) is 14.9. The van der Waals surface area contributed by atoms with Crippen molar-refractivity contribution in [2.75, 3.05) is 0 Å². The molecule has 0 radical (unpaired) electrons. The second-order valence-electron chi connectivity index (χ2n) is 4.43. The molecule has 0 fully saturated rings. The SMILES string of the molecule is Cc1ccc(-c2cccc(OC(F)(F)F)c2)c(C(=O)O)c1. The molecule has 0 atom stereocenters. The molecule has 2 aromatic carbocycles. The summed E-state index contributed by atoms with van der Waals surface area (Å²) in [4.78, 5) is 11.2. The number of carbonyl (C=O) groups is 1. The van der Waals surface area contributed by atoms with Gasteiger partial charge >= 0.3 is 12.3 Å². The lowest BCUT2D eigenvalue weighted by molar-refractivity contribution is -0.274. The maximum absolute atomic E-state index is 12.2. The summed E-state index contributed by atoms with van der Waals surface area (Å²) in [5, 5.41) is 9.20. The molecule has 0 aliphatic heterocycles. The molecule has 0 bridgehead atoms. The van der Waals surface area contributed by atoms with Crippen LogP contribution >= 0.6 is 0 Å². The zero-order valence-electron chi connectivity index (χ0n) is 10.9. The van der Waals surface area contributed by atoms with Gasteiger partial charge in [-0.3, -0.25) is 0 Å². The summed E-state index contributed by atoms with van der Waals surface area (Å²) in [7, 11) is 0. The van der Waals surface area contributed by atoms with Gasteiger partial charge in [0.25, 0.3) is 0 Å². The van der Waals surface area contributed by atoms with E-state index in [0.717, 1.165) is 17.7 Å². The lowest BCUT2D eigenvalue weighted by atomic mass is 9.98. The van der Waals surface area contributed by atoms with Gasteiger partial charge < -0.3 is 9.84 Å². The molecule has 0 aliphatic rings. The van der Waals surface area contributed by atoms with E-state index in [2.05, 4.69) is 4.74 Å². The van der Waals surface area contributed by atoms with Gasteiger partial charge in [0.15, 0.2) is 0 Å². The molecular weight excluding hydrogens is 285 g/mol. The van der Waals surface area contributed by atoms with Gasteiger partial charge in [-0.15, -0.1) is 13.2 Å². The van der Waals surface area contributed by atoms with Crippen molar-refractivity contribution in [3.05, 3.63) is 53.6 Å². The van der Waals surface area contributed by atoms with Crippen LogP contribution in [0.25, 0.3) is 11.1 Å². The van der Waals surface area contributed by atoms with Gasteiger partial charge in [-0.05, 0) is 36.2 Å². The van der Waals surface area contributed by atoms with Gasteiger partial charge in [0.1, 0.15) is 5.75 Å². The molecule has 0 heterocycles. The molecule has 0 amide bonds. The Labute approximate surface area is 118 Å². The molecule has 6 heteroatoms. The smallest absolute Gasteiger partial charge is 0.478 e. The van der Waals surface area contributed by atoms with Gasteiger partial charge in [0.2, 0.25) is 0 Å². The molecule has 21 heavy (non-hydrogen) atoms. The van der Waals surface area contributed by atoms with Crippen LogP contribution in [0, 0.1) is 6.92 Å². The average Bonchev–Trinajstić information content (AvgIpc) is 2.36. The molecule has 0 aromatic heterocycles. The van der Waals surface area contributed by atoms with Crippen LogP contribution in [0.2, 0.25) is 0 Å². The van der Waals surface area contributed by atoms with Crippen molar-refractivity contribution in [2.45, 2.75) is 13.3 Å². The molecule has 0 aliphatic carbocycles. The summed E-state index contributed by atoms with van der Waals surface area (Å²) in [5.74, 6) is -1.53. The number of ether oxygens (including phenoxy) is 1. The minimum atomic E-state index is -4.79.